The topological polar surface area (TPSA) is 56.7 Å². The number of phenolic OH excluding ortho intramolecular Hbond substituents is 1. The largest absolute Gasteiger partial charge is 0.507 e. The van der Waals surface area contributed by atoms with Gasteiger partial charge in [-0.3, -0.25) is 5.43 Å². The highest BCUT2D eigenvalue weighted by Gasteiger charge is 2.05. The first-order chi connectivity index (χ1) is 11.0. The van der Waals surface area contributed by atoms with E-state index in [4.69, 9.17) is 12.2 Å². The van der Waals surface area contributed by atoms with E-state index >= 15 is 0 Å². The van der Waals surface area contributed by atoms with Crippen LogP contribution >= 0.6 is 12.2 Å². The van der Waals surface area contributed by atoms with Gasteiger partial charge < -0.3 is 10.4 Å². The fourth-order valence-electron chi connectivity index (χ4n) is 1.96. The third-order valence-corrected chi connectivity index (χ3v) is 3.47. The van der Waals surface area contributed by atoms with Crippen LogP contribution in [0.4, 0.5) is 4.39 Å². The molecular formula is C17H18FN3OS. The third-order valence-electron chi connectivity index (χ3n) is 3.23. The van der Waals surface area contributed by atoms with Crippen molar-refractivity contribution in [2.45, 2.75) is 20.4 Å². The van der Waals surface area contributed by atoms with E-state index in [2.05, 4.69) is 15.8 Å². The van der Waals surface area contributed by atoms with Crippen molar-refractivity contribution in [3.63, 3.8) is 0 Å². The minimum Gasteiger partial charge on any atom is -0.507 e. The van der Waals surface area contributed by atoms with Crippen LogP contribution in [0.25, 0.3) is 0 Å². The summed E-state index contributed by atoms with van der Waals surface area (Å²) in [6.45, 7) is 4.19. The predicted molar refractivity (Wildman–Crippen MR) is 94.0 cm³/mol. The van der Waals surface area contributed by atoms with Gasteiger partial charge in [0.1, 0.15) is 11.6 Å². The van der Waals surface area contributed by atoms with Gasteiger partial charge in [-0.25, -0.2) is 4.39 Å². The third kappa shape index (κ3) is 5.03. The lowest BCUT2D eigenvalue weighted by Gasteiger charge is -2.09. The molecule has 120 valence electrons. The number of phenols is 1. The van der Waals surface area contributed by atoms with E-state index in [0.717, 1.165) is 11.1 Å². The number of hydrogen-bond donors (Lipinski definition) is 3. The Kier molecular flexibility index (Phi) is 5.65. The van der Waals surface area contributed by atoms with Gasteiger partial charge in [-0.2, -0.15) is 5.10 Å². The Bertz CT molecular complexity index is 729. The summed E-state index contributed by atoms with van der Waals surface area (Å²) in [7, 11) is 0. The summed E-state index contributed by atoms with van der Waals surface area (Å²) in [5.74, 6) is -0.100. The van der Waals surface area contributed by atoms with Crippen LogP contribution in [0.3, 0.4) is 0 Å². The zero-order valence-corrected chi connectivity index (χ0v) is 13.7. The number of thiocarbonyl (C=S) groups is 1. The molecule has 0 saturated carbocycles. The molecule has 0 unspecified atom stereocenters. The second kappa shape index (κ2) is 7.69. The predicted octanol–water partition coefficient (Wildman–Crippen LogP) is 3.23. The van der Waals surface area contributed by atoms with Gasteiger partial charge in [0, 0.05) is 12.1 Å². The van der Waals surface area contributed by atoms with E-state index in [1.165, 1.54) is 12.1 Å². The highest BCUT2D eigenvalue weighted by Crippen LogP contribution is 2.18. The summed E-state index contributed by atoms with van der Waals surface area (Å²) >= 11 is 5.14. The quantitative estimate of drug-likeness (QED) is 0.457. The van der Waals surface area contributed by atoms with Gasteiger partial charge in [-0.1, -0.05) is 23.8 Å². The monoisotopic (exact) mass is 331 g/mol. The molecule has 0 heterocycles. The Morgan fingerprint density at radius 3 is 2.61 bits per heavy atom. The van der Waals surface area contributed by atoms with E-state index in [-0.39, 0.29) is 11.6 Å². The molecule has 0 aliphatic carbocycles. The number of aryl methyl sites for hydroxylation is 1. The van der Waals surface area contributed by atoms with Crippen molar-refractivity contribution >= 4 is 23.0 Å². The lowest BCUT2D eigenvalue weighted by molar-refractivity contribution is 0.474. The first kappa shape index (κ1) is 16.9. The molecule has 23 heavy (non-hydrogen) atoms. The maximum atomic E-state index is 12.8. The van der Waals surface area contributed by atoms with Gasteiger partial charge in [0.05, 0.1) is 5.71 Å². The molecule has 0 amide bonds. The summed E-state index contributed by atoms with van der Waals surface area (Å²) in [5, 5.41) is 17.4. The standard InChI is InChI=1S/C17H18FN3OS/c1-11-3-8-16(22)15(9-11)12(2)20-21-17(23)19-10-13-4-6-14(18)7-5-13/h3-9,22H,10H2,1-2H3,(H2,19,21,23)/b20-12+. The number of aromatic hydroxyl groups is 1. The van der Waals surface area contributed by atoms with E-state index in [0.29, 0.717) is 22.9 Å². The van der Waals surface area contributed by atoms with Crippen LogP contribution in [-0.2, 0) is 6.54 Å². The average Bonchev–Trinajstić information content (AvgIpc) is 2.54. The first-order valence-electron chi connectivity index (χ1n) is 7.08. The molecule has 2 aromatic carbocycles. The molecule has 0 bridgehead atoms. The number of benzene rings is 2. The summed E-state index contributed by atoms with van der Waals surface area (Å²) in [6.07, 6.45) is 0. The molecule has 2 rings (SSSR count). The molecule has 3 N–H and O–H groups in total. The van der Waals surface area contributed by atoms with Gasteiger partial charge in [0.2, 0.25) is 0 Å². The number of nitrogens with zero attached hydrogens (tertiary/aromatic N) is 1. The maximum Gasteiger partial charge on any atom is 0.187 e. The van der Waals surface area contributed by atoms with Crippen LogP contribution in [0.2, 0.25) is 0 Å². The summed E-state index contributed by atoms with van der Waals surface area (Å²) < 4.78 is 12.8. The number of nitrogens with one attached hydrogen (secondary N) is 2. The molecule has 0 aliphatic rings. The van der Waals surface area contributed by atoms with Crippen LogP contribution in [-0.4, -0.2) is 15.9 Å². The molecule has 0 aromatic heterocycles. The number of rotatable bonds is 4. The average molecular weight is 331 g/mol. The number of halogens is 1. The number of hydrogen-bond acceptors (Lipinski definition) is 3. The van der Waals surface area contributed by atoms with E-state index in [9.17, 15) is 9.50 Å². The molecule has 0 saturated heterocycles. The Hall–Kier alpha value is -2.47. The van der Waals surface area contributed by atoms with E-state index in [1.807, 2.05) is 19.1 Å². The highest BCUT2D eigenvalue weighted by molar-refractivity contribution is 7.80. The lowest BCUT2D eigenvalue weighted by Crippen LogP contribution is -2.32. The zero-order chi connectivity index (χ0) is 16.8. The molecule has 2 aromatic rings. The van der Waals surface area contributed by atoms with Crippen LogP contribution < -0.4 is 10.7 Å². The molecular weight excluding hydrogens is 313 g/mol. The fraction of sp³-hybridized carbons (Fsp3) is 0.176. The zero-order valence-electron chi connectivity index (χ0n) is 12.9. The van der Waals surface area contributed by atoms with Crippen molar-refractivity contribution in [2.24, 2.45) is 5.10 Å². The highest BCUT2D eigenvalue weighted by atomic mass is 32.1. The van der Waals surface area contributed by atoms with Crippen molar-refractivity contribution in [3.8, 4) is 5.75 Å². The van der Waals surface area contributed by atoms with Gasteiger partial charge in [0.15, 0.2) is 5.11 Å². The minimum absolute atomic E-state index is 0.170. The van der Waals surface area contributed by atoms with Crippen LogP contribution in [0.15, 0.2) is 47.6 Å². The summed E-state index contributed by atoms with van der Waals surface area (Å²) in [4.78, 5) is 0. The Morgan fingerprint density at radius 1 is 1.22 bits per heavy atom. The Morgan fingerprint density at radius 2 is 1.91 bits per heavy atom. The maximum absolute atomic E-state index is 12.8. The van der Waals surface area contributed by atoms with Crippen LogP contribution in [0.1, 0.15) is 23.6 Å². The Labute approximate surface area is 140 Å². The van der Waals surface area contributed by atoms with Crippen molar-refractivity contribution in [1.82, 2.24) is 10.7 Å². The molecule has 0 aliphatic heterocycles. The van der Waals surface area contributed by atoms with Gasteiger partial charge >= 0.3 is 0 Å². The molecule has 0 spiro atoms. The van der Waals surface area contributed by atoms with Crippen molar-refractivity contribution in [1.29, 1.82) is 0 Å². The van der Waals surface area contributed by atoms with Gasteiger partial charge in [0.25, 0.3) is 0 Å². The van der Waals surface area contributed by atoms with Gasteiger partial charge in [-0.05, 0) is 55.9 Å². The van der Waals surface area contributed by atoms with E-state index in [1.54, 1.807) is 25.1 Å². The summed E-state index contributed by atoms with van der Waals surface area (Å²) in [6, 6.07) is 11.5. The number of hydrazone groups is 1. The minimum atomic E-state index is -0.271. The van der Waals surface area contributed by atoms with Crippen molar-refractivity contribution in [2.75, 3.05) is 0 Å². The summed E-state index contributed by atoms with van der Waals surface area (Å²) in [5.41, 5.74) is 5.95. The molecule has 6 heteroatoms. The molecule has 4 nitrogen and oxygen atoms in total. The van der Waals surface area contributed by atoms with Crippen molar-refractivity contribution < 1.29 is 9.50 Å². The lowest BCUT2D eigenvalue weighted by atomic mass is 10.1. The second-order valence-electron chi connectivity index (χ2n) is 5.14. The second-order valence-corrected chi connectivity index (χ2v) is 5.55. The smallest absolute Gasteiger partial charge is 0.187 e. The molecule has 0 fully saturated rings. The van der Waals surface area contributed by atoms with Crippen LogP contribution in [0, 0.1) is 12.7 Å². The normalized spacial score (nSPS) is 11.2. The van der Waals surface area contributed by atoms with Crippen LogP contribution in [0.5, 0.6) is 5.75 Å². The Balaban J connectivity index is 1.92. The SMILES string of the molecule is C/C(=N\NC(=S)NCc1ccc(F)cc1)c1cc(C)ccc1O. The van der Waals surface area contributed by atoms with E-state index < -0.39 is 0 Å². The van der Waals surface area contributed by atoms with Crippen molar-refractivity contribution in [3.05, 3.63) is 65.0 Å². The fourth-order valence-corrected chi connectivity index (χ4v) is 2.08. The molecule has 0 radical (unpaired) electrons. The first-order valence-corrected chi connectivity index (χ1v) is 7.49. The molecule has 0 atom stereocenters. The van der Waals surface area contributed by atoms with Gasteiger partial charge in [-0.15, -0.1) is 0 Å².